The summed E-state index contributed by atoms with van der Waals surface area (Å²) in [5, 5.41) is 2.41. The predicted molar refractivity (Wildman–Crippen MR) is 57.2 cm³/mol. The van der Waals surface area contributed by atoms with Crippen LogP contribution in [0.5, 0.6) is 0 Å². The number of nitrogen functional groups attached to an aromatic ring is 1. The van der Waals surface area contributed by atoms with Crippen LogP contribution in [-0.4, -0.2) is 0 Å². The van der Waals surface area contributed by atoms with Gasteiger partial charge in [-0.3, -0.25) is 0 Å². The van der Waals surface area contributed by atoms with Gasteiger partial charge in [-0.1, -0.05) is 24.3 Å². The van der Waals surface area contributed by atoms with Crippen LogP contribution >= 0.6 is 0 Å². The fraction of sp³-hybridized carbons (Fsp3) is 0. The Balaban J connectivity index is 2.50. The van der Waals surface area contributed by atoms with Gasteiger partial charge < -0.3 is 10.2 Å². The molecule has 0 aromatic heterocycles. The van der Waals surface area contributed by atoms with Gasteiger partial charge >= 0.3 is 0 Å². The maximum atomic E-state index is 5.58. The third kappa shape index (κ3) is 0.909. The monoisotopic (exact) mass is 183 g/mol. The van der Waals surface area contributed by atoms with E-state index in [4.69, 9.17) is 10.2 Å². The largest absolute Gasteiger partial charge is 0.441 e. The van der Waals surface area contributed by atoms with Gasteiger partial charge in [-0.2, -0.15) is 0 Å². The van der Waals surface area contributed by atoms with Crippen molar-refractivity contribution < 1.29 is 4.42 Å². The number of fused-ring (bicyclic) bond motifs is 3. The van der Waals surface area contributed by atoms with Crippen LogP contribution in [0.1, 0.15) is 0 Å². The Hall–Kier alpha value is -1.96. The molecule has 14 heavy (non-hydrogen) atoms. The minimum Gasteiger partial charge on any atom is -0.441 e. The molecule has 1 aromatic rings. The van der Waals surface area contributed by atoms with Crippen molar-refractivity contribution in [2.45, 2.75) is 0 Å². The van der Waals surface area contributed by atoms with E-state index >= 15 is 0 Å². The van der Waals surface area contributed by atoms with E-state index in [2.05, 4.69) is 12.1 Å². The molecule has 3 rings (SSSR count). The van der Waals surface area contributed by atoms with E-state index in [-0.39, 0.29) is 0 Å². The molecule has 0 fully saturated rings. The van der Waals surface area contributed by atoms with Gasteiger partial charge in [0.1, 0.15) is 5.76 Å². The normalized spacial score (nSPS) is 11.1. The lowest BCUT2D eigenvalue weighted by Crippen LogP contribution is -1.84. The third-order valence-corrected chi connectivity index (χ3v) is 2.45. The molecule has 1 aliphatic carbocycles. The van der Waals surface area contributed by atoms with Gasteiger partial charge in [-0.25, -0.2) is 0 Å². The van der Waals surface area contributed by atoms with Crippen molar-refractivity contribution in [1.29, 1.82) is 0 Å². The minimum atomic E-state index is 0.452. The molecular weight excluding hydrogens is 174 g/mol. The van der Waals surface area contributed by atoms with Crippen LogP contribution in [-0.2, 0) is 0 Å². The van der Waals surface area contributed by atoms with Crippen molar-refractivity contribution >= 4 is 16.7 Å². The van der Waals surface area contributed by atoms with Gasteiger partial charge in [0, 0.05) is 5.56 Å². The summed E-state index contributed by atoms with van der Waals surface area (Å²) in [5.74, 6) is 1.30. The van der Waals surface area contributed by atoms with Gasteiger partial charge in [-0.05, 0) is 29.0 Å². The highest BCUT2D eigenvalue weighted by molar-refractivity contribution is 6.00. The Bertz CT molecular complexity index is 568. The molecule has 0 atom stereocenters. The molecule has 1 aliphatic heterocycles. The maximum absolute atomic E-state index is 5.58. The second-order valence-electron chi connectivity index (χ2n) is 3.35. The van der Waals surface area contributed by atoms with Crippen molar-refractivity contribution in [2.24, 2.45) is 0 Å². The average molecular weight is 183 g/mol. The van der Waals surface area contributed by atoms with Crippen LogP contribution in [0.2, 0.25) is 0 Å². The fourth-order valence-corrected chi connectivity index (χ4v) is 1.80. The summed E-state index contributed by atoms with van der Waals surface area (Å²) in [6.45, 7) is 0. The molecule has 2 aliphatic rings. The summed E-state index contributed by atoms with van der Waals surface area (Å²) in [7, 11) is 0. The number of hydrogen-bond donors (Lipinski definition) is 1. The van der Waals surface area contributed by atoms with Crippen LogP contribution < -0.4 is 5.73 Å². The standard InChI is InChI=1S/C12H9NO/c13-12-6-5-10-9-4-2-1-3-8(9)7-11(10)14-12/h1-7H,13H2. The van der Waals surface area contributed by atoms with E-state index in [1.807, 2.05) is 24.3 Å². The van der Waals surface area contributed by atoms with E-state index in [1.54, 1.807) is 6.07 Å². The Morgan fingerprint density at radius 1 is 1.00 bits per heavy atom. The lowest BCUT2D eigenvalue weighted by atomic mass is 10.1. The molecule has 2 heteroatoms. The highest BCUT2D eigenvalue weighted by Crippen LogP contribution is 2.34. The Labute approximate surface area is 81.3 Å². The molecule has 2 N–H and O–H groups in total. The second kappa shape index (κ2) is 2.51. The number of rotatable bonds is 0. The summed E-state index contributed by atoms with van der Waals surface area (Å²) in [6.07, 6.45) is 0. The first-order chi connectivity index (χ1) is 6.84. The summed E-state index contributed by atoms with van der Waals surface area (Å²) < 4.78 is 5.42. The second-order valence-corrected chi connectivity index (χ2v) is 3.35. The summed E-state index contributed by atoms with van der Waals surface area (Å²) >= 11 is 0. The van der Waals surface area contributed by atoms with Crippen molar-refractivity contribution in [3.05, 3.63) is 42.5 Å². The number of hydrogen-bond acceptors (Lipinski definition) is 2. The van der Waals surface area contributed by atoms with E-state index in [0.717, 1.165) is 11.3 Å². The first-order valence-electron chi connectivity index (χ1n) is 4.51. The van der Waals surface area contributed by atoms with E-state index in [9.17, 15) is 0 Å². The van der Waals surface area contributed by atoms with Crippen molar-refractivity contribution in [2.75, 3.05) is 5.73 Å². The van der Waals surface area contributed by atoms with Crippen LogP contribution in [0.15, 0.2) is 46.9 Å². The molecular formula is C12H9NO. The molecule has 1 aromatic carbocycles. The first kappa shape index (κ1) is 7.44. The summed E-state index contributed by atoms with van der Waals surface area (Å²) in [6, 6.07) is 14.0. The Morgan fingerprint density at radius 3 is 2.79 bits per heavy atom. The lowest BCUT2D eigenvalue weighted by molar-refractivity contribution is 0.589. The molecule has 0 radical (unpaired) electrons. The zero-order valence-electron chi connectivity index (χ0n) is 7.53. The molecule has 68 valence electrons. The quantitative estimate of drug-likeness (QED) is 0.581. The Morgan fingerprint density at radius 2 is 1.86 bits per heavy atom. The van der Waals surface area contributed by atoms with Crippen LogP contribution in [0.3, 0.4) is 0 Å². The van der Waals surface area contributed by atoms with Gasteiger partial charge in [0.15, 0.2) is 5.88 Å². The molecule has 0 saturated heterocycles. The number of nitrogens with two attached hydrogens (primary N) is 1. The van der Waals surface area contributed by atoms with Crippen molar-refractivity contribution in [3.63, 3.8) is 0 Å². The molecule has 1 heterocycles. The summed E-state index contributed by atoms with van der Waals surface area (Å²) in [4.78, 5) is 0. The fourth-order valence-electron chi connectivity index (χ4n) is 1.80. The number of benzene rings is 1. The molecule has 0 amide bonds. The highest BCUT2D eigenvalue weighted by Gasteiger charge is 2.10. The predicted octanol–water partition coefficient (Wildman–Crippen LogP) is 3.12. The van der Waals surface area contributed by atoms with Gasteiger partial charge in [0.25, 0.3) is 0 Å². The van der Waals surface area contributed by atoms with E-state index in [0.29, 0.717) is 5.88 Å². The topological polar surface area (TPSA) is 39.2 Å². The van der Waals surface area contributed by atoms with Gasteiger partial charge in [-0.15, -0.1) is 0 Å². The van der Waals surface area contributed by atoms with E-state index in [1.165, 1.54) is 10.8 Å². The highest BCUT2D eigenvalue weighted by atomic mass is 16.3. The van der Waals surface area contributed by atoms with Crippen LogP contribution in [0.25, 0.3) is 22.1 Å². The molecule has 0 bridgehead atoms. The van der Waals surface area contributed by atoms with Gasteiger partial charge in [0.2, 0.25) is 0 Å². The molecule has 0 unspecified atom stereocenters. The smallest absolute Gasteiger partial charge is 0.190 e. The lowest BCUT2D eigenvalue weighted by Gasteiger charge is -1.99. The van der Waals surface area contributed by atoms with E-state index < -0.39 is 0 Å². The summed E-state index contributed by atoms with van der Waals surface area (Å²) in [5.41, 5.74) is 6.70. The first-order valence-corrected chi connectivity index (χ1v) is 4.51. The van der Waals surface area contributed by atoms with Crippen molar-refractivity contribution in [1.82, 2.24) is 0 Å². The molecule has 2 nitrogen and oxygen atoms in total. The molecule has 0 saturated carbocycles. The molecule has 0 spiro atoms. The third-order valence-electron chi connectivity index (χ3n) is 2.45. The Kier molecular flexibility index (Phi) is 1.34. The zero-order valence-corrected chi connectivity index (χ0v) is 7.53. The average Bonchev–Trinajstić information content (AvgIpc) is 2.54. The van der Waals surface area contributed by atoms with Crippen LogP contribution in [0, 0.1) is 0 Å². The van der Waals surface area contributed by atoms with Crippen LogP contribution in [0.4, 0.5) is 5.88 Å². The zero-order chi connectivity index (χ0) is 9.54. The maximum Gasteiger partial charge on any atom is 0.190 e. The van der Waals surface area contributed by atoms with Crippen molar-refractivity contribution in [3.8, 4) is 11.3 Å². The minimum absolute atomic E-state index is 0.452. The number of anilines is 1. The van der Waals surface area contributed by atoms with Gasteiger partial charge in [0.05, 0.1) is 0 Å². The SMILES string of the molecule is Nc1ccc2c3ccccc3cc-2o1.